The zero-order chi connectivity index (χ0) is 19.7. The molecule has 0 saturated carbocycles. The van der Waals surface area contributed by atoms with Gasteiger partial charge in [0, 0.05) is 37.1 Å². The average Bonchev–Trinajstić information content (AvgIpc) is 3.13. The molecule has 2 amide bonds. The molecule has 27 heavy (non-hydrogen) atoms. The fourth-order valence-electron chi connectivity index (χ4n) is 2.36. The lowest BCUT2D eigenvalue weighted by atomic mass is 9.99. The maximum Gasteiger partial charge on any atom is 0.274 e. The second kappa shape index (κ2) is 8.13. The first-order chi connectivity index (χ1) is 12.8. The number of H-pyrrole nitrogens is 1. The minimum atomic E-state index is -0.659. The van der Waals surface area contributed by atoms with Gasteiger partial charge in [-0.2, -0.15) is 5.10 Å². The molecule has 0 saturated heterocycles. The van der Waals surface area contributed by atoms with Gasteiger partial charge in [-0.05, 0) is 56.7 Å². The van der Waals surface area contributed by atoms with Crippen molar-refractivity contribution >= 4 is 79.4 Å². The summed E-state index contributed by atoms with van der Waals surface area (Å²) in [5, 5.41) is 9.25. The highest BCUT2D eigenvalue weighted by Crippen LogP contribution is 2.43. The van der Waals surface area contributed by atoms with E-state index >= 15 is 0 Å². The zero-order valence-electron chi connectivity index (χ0n) is 13.2. The number of benzene rings is 1. The van der Waals surface area contributed by atoms with Gasteiger partial charge in [0.2, 0.25) is 5.91 Å². The number of nitrogens with one attached hydrogen (secondary N) is 2. The molecular weight excluding hydrogens is 572 g/mol. The van der Waals surface area contributed by atoms with Crippen LogP contribution in [-0.4, -0.2) is 27.0 Å². The van der Waals surface area contributed by atoms with Gasteiger partial charge in [0.05, 0.1) is 10.0 Å². The molecule has 3 rings (SSSR count). The normalized spacial score (nSPS) is 10.7. The molecule has 3 aromatic rings. The van der Waals surface area contributed by atoms with E-state index in [0.717, 1.165) is 3.57 Å². The molecule has 0 fully saturated rings. The van der Waals surface area contributed by atoms with Gasteiger partial charge in [-0.15, -0.1) is 0 Å². The number of nitrogens with zero attached hydrogens (tertiary/aromatic N) is 2. The highest BCUT2D eigenvalue weighted by molar-refractivity contribution is 14.1. The summed E-state index contributed by atoms with van der Waals surface area (Å²) >= 11 is 18.3. The molecule has 0 radical (unpaired) electrons. The third kappa shape index (κ3) is 4.10. The number of carbonyl (C=O) groups excluding carboxylic acids is 2. The SMILES string of the molecule is NC(=O)c1cc(I)cc(Cl)c1-c1c(Br)cnc(NC(=O)c2ccn[nH]2)c1Cl. The Morgan fingerprint density at radius 3 is 2.63 bits per heavy atom. The van der Waals surface area contributed by atoms with Gasteiger partial charge >= 0.3 is 0 Å². The predicted molar refractivity (Wildman–Crippen MR) is 115 cm³/mol. The van der Waals surface area contributed by atoms with Crippen molar-refractivity contribution in [2.75, 3.05) is 5.32 Å². The number of rotatable bonds is 4. The minimum Gasteiger partial charge on any atom is -0.366 e. The first-order valence-electron chi connectivity index (χ1n) is 7.23. The van der Waals surface area contributed by atoms with Crippen LogP contribution in [0.25, 0.3) is 11.1 Å². The predicted octanol–water partition coefficient (Wildman–Crippen LogP) is 4.50. The number of primary amides is 1. The molecule has 4 N–H and O–H groups in total. The molecule has 0 spiro atoms. The number of pyridine rings is 1. The summed E-state index contributed by atoms with van der Waals surface area (Å²) in [7, 11) is 0. The van der Waals surface area contributed by atoms with Crippen LogP contribution in [-0.2, 0) is 0 Å². The van der Waals surface area contributed by atoms with Crippen molar-refractivity contribution < 1.29 is 9.59 Å². The van der Waals surface area contributed by atoms with E-state index in [1.165, 1.54) is 18.5 Å². The molecule has 138 valence electrons. The van der Waals surface area contributed by atoms with Crippen LogP contribution in [0, 0.1) is 3.57 Å². The van der Waals surface area contributed by atoms with Gasteiger partial charge in [-0.3, -0.25) is 14.7 Å². The van der Waals surface area contributed by atoms with Crippen molar-refractivity contribution in [3.63, 3.8) is 0 Å². The van der Waals surface area contributed by atoms with Crippen LogP contribution in [0.2, 0.25) is 10.0 Å². The Morgan fingerprint density at radius 2 is 2.00 bits per heavy atom. The summed E-state index contributed by atoms with van der Waals surface area (Å²) in [5.74, 6) is -1.04. The van der Waals surface area contributed by atoms with Gasteiger partial charge < -0.3 is 11.1 Å². The Morgan fingerprint density at radius 1 is 1.26 bits per heavy atom. The molecule has 0 aliphatic rings. The van der Waals surface area contributed by atoms with E-state index in [1.54, 1.807) is 12.1 Å². The average molecular weight is 581 g/mol. The molecular formula is C16H9BrCl2IN5O2. The van der Waals surface area contributed by atoms with Crippen molar-refractivity contribution in [2.45, 2.75) is 0 Å². The highest BCUT2D eigenvalue weighted by atomic mass is 127. The van der Waals surface area contributed by atoms with E-state index in [-0.39, 0.29) is 27.1 Å². The van der Waals surface area contributed by atoms with Crippen LogP contribution in [0.4, 0.5) is 5.82 Å². The number of carbonyl (C=O) groups is 2. The molecule has 1 aromatic carbocycles. The Labute approximate surface area is 185 Å². The number of amides is 2. The van der Waals surface area contributed by atoms with E-state index in [4.69, 9.17) is 28.9 Å². The molecule has 0 atom stereocenters. The Bertz CT molecular complexity index is 1060. The van der Waals surface area contributed by atoms with Crippen molar-refractivity contribution in [3.8, 4) is 11.1 Å². The number of halogens is 4. The fraction of sp³-hybridized carbons (Fsp3) is 0. The summed E-state index contributed by atoms with van der Waals surface area (Å²) in [4.78, 5) is 28.3. The summed E-state index contributed by atoms with van der Waals surface area (Å²) in [5.41, 5.74) is 6.69. The quantitative estimate of drug-likeness (QED) is 0.394. The Kier molecular flexibility index (Phi) is 6.04. The molecule has 7 nitrogen and oxygen atoms in total. The molecule has 0 unspecified atom stereocenters. The number of aromatic nitrogens is 3. The van der Waals surface area contributed by atoms with Crippen molar-refractivity contribution in [2.24, 2.45) is 5.73 Å². The van der Waals surface area contributed by atoms with Gasteiger partial charge in [-0.25, -0.2) is 4.98 Å². The molecule has 11 heteroatoms. The molecule has 2 aromatic heterocycles. The monoisotopic (exact) mass is 579 g/mol. The third-order valence-electron chi connectivity index (χ3n) is 3.52. The summed E-state index contributed by atoms with van der Waals surface area (Å²) < 4.78 is 1.22. The topological polar surface area (TPSA) is 114 Å². The maximum absolute atomic E-state index is 12.3. The minimum absolute atomic E-state index is 0.0968. The third-order valence-corrected chi connectivity index (χ3v) is 5.41. The van der Waals surface area contributed by atoms with Crippen LogP contribution in [0.5, 0.6) is 0 Å². The molecule has 2 heterocycles. The maximum atomic E-state index is 12.3. The van der Waals surface area contributed by atoms with Gasteiger partial charge in [0.15, 0.2) is 5.82 Å². The summed E-state index contributed by atoms with van der Waals surface area (Å²) in [6.07, 6.45) is 2.89. The fourth-order valence-corrected chi connectivity index (χ4v) is 4.39. The summed E-state index contributed by atoms with van der Waals surface area (Å²) in [6, 6.07) is 4.79. The molecule has 0 aliphatic heterocycles. The van der Waals surface area contributed by atoms with Gasteiger partial charge in [0.1, 0.15) is 5.69 Å². The van der Waals surface area contributed by atoms with Gasteiger partial charge in [0.25, 0.3) is 5.91 Å². The number of hydrogen-bond donors (Lipinski definition) is 3. The van der Waals surface area contributed by atoms with Crippen LogP contribution in [0.1, 0.15) is 20.8 Å². The van der Waals surface area contributed by atoms with Crippen LogP contribution < -0.4 is 11.1 Å². The van der Waals surface area contributed by atoms with Crippen LogP contribution in [0.15, 0.2) is 35.1 Å². The lowest BCUT2D eigenvalue weighted by Crippen LogP contribution is -2.15. The van der Waals surface area contributed by atoms with E-state index in [0.29, 0.717) is 15.6 Å². The number of anilines is 1. The van der Waals surface area contributed by atoms with E-state index in [1.807, 2.05) is 22.6 Å². The first kappa shape index (κ1) is 20.1. The number of nitrogens with two attached hydrogens (primary N) is 1. The number of hydrogen-bond acceptors (Lipinski definition) is 4. The number of aromatic amines is 1. The Balaban J connectivity index is 2.15. The van der Waals surface area contributed by atoms with Crippen molar-refractivity contribution in [3.05, 3.63) is 59.9 Å². The molecule has 0 bridgehead atoms. The van der Waals surface area contributed by atoms with E-state index < -0.39 is 11.8 Å². The molecule has 0 aliphatic carbocycles. The zero-order valence-corrected chi connectivity index (χ0v) is 18.4. The second-order valence-electron chi connectivity index (χ2n) is 5.24. The summed E-state index contributed by atoms with van der Waals surface area (Å²) in [6.45, 7) is 0. The lowest BCUT2D eigenvalue weighted by molar-refractivity contribution is 0.0997. The van der Waals surface area contributed by atoms with Crippen LogP contribution in [0.3, 0.4) is 0 Å². The standard InChI is InChI=1S/C16H9BrCl2IN5O2/c17-8-5-22-15(24-16(27)10-1-2-23-25-10)13(19)12(8)11-7(14(21)26)3-6(20)4-9(11)18/h1-5H,(H2,21,26)(H,23,25)(H,22,24,27). The largest absolute Gasteiger partial charge is 0.366 e. The van der Waals surface area contributed by atoms with E-state index in [2.05, 4.69) is 36.4 Å². The highest BCUT2D eigenvalue weighted by Gasteiger charge is 2.23. The second-order valence-corrected chi connectivity index (χ2v) is 8.13. The van der Waals surface area contributed by atoms with E-state index in [9.17, 15) is 9.59 Å². The van der Waals surface area contributed by atoms with Gasteiger partial charge in [-0.1, -0.05) is 23.2 Å². The first-order valence-corrected chi connectivity index (χ1v) is 9.86. The van der Waals surface area contributed by atoms with Crippen molar-refractivity contribution in [1.29, 1.82) is 0 Å². The smallest absolute Gasteiger partial charge is 0.274 e. The lowest BCUT2D eigenvalue weighted by Gasteiger charge is -2.16. The van der Waals surface area contributed by atoms with Crippen molar-refractivity contribution in [1.82, 2.24) is 15.2 Å². The Hall–Kier alpha value is -1.69. The van der Waals surface area contributed by atoms with Crippen LogP contribution >= 0.6 is 61.7 Å².